The van der Waals surface area contributed by atoms with E-state index in [1.165, 1.54) is 0 Å². The topological polar surface area (TPSA) is 63.7 Å². The number of rotatable bonds is 3. The zero-order chi connectivity index (χ0) is 13.4. The van der Waals surface area contributed by atoms with Gasteiger partial charge in [-0.15, -0.1) is 0 Å². The fourth-order valence-corrected chi connectivity index (χ4v) is 4.06. The van der Waals surface area contributed by atoms with Gasteiger partial charge in [0.05, 0.1) is 6.42 Å². The Labute approximate surface area is 112 Å². The van der Waals surface area contributed by atoms with Crippen LogP contribution in [0.2, 0.25) is 0 Å². The van der Waals surface area contributed by atoms with E-state index < -0.39 is 15.2 Å². The lowest BCUT2D eigenvalue weighted by molar-refractivity contribution is -0.141. The van der Waals surface area contributed by atoms with Gasteiger partial charge in [0, 0.05) is 16.1 Å². The van der Waals surface area contributed by atoms with Gasteiger partial charge in [0.2, 0.25) is 9.05 Å². The zero-order valence-corrected chi connectivity index (χ0v) is 12.0. The van der Waals surface area contributed by atoms with Gasteiger partial charge in [-0.25, -0.2) is 8.42 Å². The Morgan fingerprint density at radius 1 is 1.44 bits per heavy atom. The molecular weight excluding hydrogens is 278 g/mol. The first-order valence-corrected chi connectivity index (χ1v) is 8.67. The highest BCUT2D eigenvalue weighted by Gasteiger charge is 2.51. The van der Waals surface area contributed by atoms with Gasteiger partial charge in [0.1, 0.15) is 11.9 Å². The molecule has 0 aliphatic carbocycles. The van der Waals surface area contributed by atoms with E-state index in [-0.39, 0.29) is 17.1 Å². The van der Waals surface area contributed by atoms with Gasteiger partial charge in [-0.3, -0.25) is 4.79 Å². The van der Waals surface area contributed by atoms with Gasteiger partial charge in [0.25, 0.3) is 0 Å². The molecule has 2 fully saturated rings. The van der Waals surface area contributed by atoms with E-state index >= 15 is 0 Å². The third kappa shape index (κ3) is 2.97. The maximum absolute atomic E-state index is 11.5. The number of hydrogen-bond donors (Lipinski definition) is 0. The summed E-state index contributed by atoms with van der Waals surface area (Å²) >= 11 is 0. The van der Waals surface area contributed by atoms with Crippen molar-refractivity contribution in [1.82, 2.24) is 4.90 Å². The van der Waals surface area contributed by atoms with E-state index in [4.69, 9.17) is 15.4 Å². The molecular formula is C11H18ClNO4S. The molecule has 0 saturated carbocycles. The molecule has 18 heavy (non-hydrogen) atoms. The minimum Gasteiger partial charge on any atom is -0.461 e. The van der Waals surface area contributed by atoms with Gasteiger partial charge in [-0.1, -0.05) is 6.92 Å². The zero-order valence-electron chi connectivity index (χ0n) is 10.4. The summed E-state index contributed by atoms with van der Waals surface area (Å²) in [5, 5.41) is 0. The van der Waals surface area contributed by atoms with E-state index in [0.717, 1.165) is 32.5 Å². The molecule has 104 valence electrons. The van der Waals surface area contributed by atoms with Crippen LogP contribution in [0.5, 0.6) is 0 Å². The summed E-state index contributed by atoms with van der Waals surface area (Å²) in [4.78, 5) is 13.8. The second kappa shape index (κ2) is 4.98. The van der Waals surface area contributed by atoms with E-state index in [1.807, 2.05) is 0 Å². The van der Waals surface area contributed by atoms with Crippen LogP contribution in [0.1, 0.15) is 26.2 Å². The molecule has 0 aromatic heterocycles. The van der Waals surface area contributed by atoms with Crippen LogP contribution in [0.15, 0.2) is 0 Å². The van der Waals surface area contributed by atoms with Gasteiger partial charge < -0.3 is 9.64 Å². The average Bonchev–Trinajstić information content (AvgIpc) is 2.54. The molecule has 1 atom stereocenters. The monoisotopic (exact) mass is 295 g/mol. The molecule has 1 spiro atoms. The second-order valence-corrected chi connectivity index (χ2v) is 7.98. The van der Waals surface area contributed by atoms with Crippen LogP contribution in [0.3, 0.4) is 0 Å². The number of piperidine rings is 1. The van der Waals surface area contributed by atoms with Crippen molar-refractivity contribution < 1.29 is 17.9 Å². The Bertz CT molecular complexity index is 428. The van der Waals surface area contributed by atoms with Gasteiger partial charge >= 0.3 is 5.97 Å². The SMILES string of the molecule is CCN1CCC2(CC1)CC(=O)OC2CS(=O)(=O)Cl. The lowest BCUT2D eigenvalue weighted by atomic mass is 9.73. The number of hydrogen-bond acceptors (Lipinski definition) is 5. The number of esters is 1. The molecule has 2 rings (SSSR count). The summed E-state index contributed by atoms with van der Waals surface area (Å²) in [6, 6.07) is 0. The first-order valence-electron chi connectivity index (χ1n) is 6.19. The fraction of sp³-hybridized carbons (Fsp3) is 0.909. The molecule has 0 aromatic rings. The van der Waals surface area contributed by atoms with Crippen LogP contribution in [0, 0.1) is 5.41 Å². The summed E-state index contributed by atoms with van der Waals surface area (Å²) < 4.78 is 27.6. The first-order chi connectivity index (χ1) is 8.35. The van der Waals surface area contributed by atoms with Crippen molar-refractivity contribution in [3.63, 3.8) is 0 Å². The van der Waals surface area contributed by atoms with Gasteiger partial charge in [-0.2, -0.15) is 0 Å². The van der Waals surface area contributed by atoms with E-state index in [2.05, 4.69) is 11.8 Å². The normalized spacial score (nSPS) is 28.6. The molecule has 0 N–H and O–H groups in total. The second-order valence-electron chi connectivity index (χ2n) is 5.16. The lowest BCUT2D eigenvalue weighted by Crippen LogP contribution is -2.45. The molecule has 1 unspecified atom stereocenters. The number of nitrogens with zero attached hydrogens (tertiary/aromatic N) is 1. The quantitative estimate of drug-likeness (QED) is 0.573. The average molecular weight is 296 g/mol. The van der Waals surface area contributed by atoms with Crippen LogP contribution in [0.4, 0.5) is 0 Å². The number of cyclic esters (lactones) is 1. The van der Waals surface area contributed by atoms with Crippen LogP contribution < -0.4 is 0 Å². The maximum Gasteiger partial charge on any atom is 0.306 e. The predicted molar refractivity (Wildman–Crippen MR) is 67.9 cm³/mol. The first kappa shape index (κ1) is 14.1. The molecule has 0 amide bonds. The Hall–Kier alpha value is -0.330. The number of carbonyl (C=O) groups is 1. The predicted octanol–water partition coefficient (Wildman–Crippen LogP) is 0.973. The summed E-state index contributed by atoms with van der Waals surface area (Å²) in [7, 11) is 1.65. The standard InChI is InChI=1S/C11H18ClNO4S/c1-2-13-5-3-11(4-6-13)7-10(14)17-9(11)8-18(12,15)16/h9H,2-8H2,1H3. The van der Waals surface area contributed by atoms with E-state index in [9.17, 15) is 13.2 Å². The highest BCUT2D eigenvalue weighted by atomic mass is 35.7. The molecule has 7 heteroatoms. The minimum absolute atomic E-state index is 0.271. The van der Waals surface area contributed by atoms with Crippen LogP contribution in [-0.2, 0) is 18.6 Å². The van der Waals surface area contributed by atoms with Crippen molar-refractivity contribution in [3.05, 3.63) is 0 Å². The Morgan fingerprint density at radius 2 is 2.06 bits per heavy atom. The Morgan fingerprint density at radius 3 is 2.56 bits per heavy atom. The summed E-state index contributed by atoms with van der Waals surface area (Å²) in [6.07, 6.45) is 1.33. The third-order valence-electron chi connectivity index (χ3n) is 4.10. The highest BCUT2D eigenvalue weighted by Crippen LogP contribution is 2.45. The van der Waals surface area contributed by atoms with Gasteiger partial charge in [-0.05, 0) is 32.5 Å². The van der Waals surface area contributed by atoms with Crippen molar-refractivity contribution in [2.45, 2.75) is 32.3 Å². The Balaban J connectivity index is 2.12. The van der Waals surface area contributed by atoms with Crippen molar-refractivity contribution in [3.8, 4) is 0 Å². The largest absolute Gasteiger partial charge is 0.461 e. The summed E-state index contributed by atoms with van der Waals surface area (Å²) in [6.45, 7) is 4.83. The minimum atomic E-state index is -3.64. The summed E-state index contributed by atoms with van der Waals surface area (Å²) in [5.41, 5.74) is -0.329. The number of ether oxygens (including phenoxy) is 1. The van der Waals surface area contributed by atoms with Crippen LogP contribution >= 0.6 is 10.7 Å². The lowest BCUT2D eigenvalue weighted by Gasteiger charge is -2.40. The molecule has 2 aliphatic rings. The van der Waals surface area contributed by atoms with Crippen molar-refractivity contribution >= 4 is 25.7 Å². The molecule has 2 aliphatic heterocycles. The molecule has 0 aromatic carbocycles. The molecule has 0 bridgehead atoms. The van der Waals surface area contributed by atoms with Crippen LogP contribution in [-0.4, -0.2) is 50.8 Å². The molecule has 5 nitrogen and oxygen atoms in total. The van der Waals surface area contributed by atoms with E-state index in [0.29, 0.717) is 6.42 Å². The third-order valence-corrected chi connectivity index (χ3v) is 5.18. The highest BCUT2D eigenvalue weighted by molar-refractivity contribution is 8.13. The summed E-state index contributed by atoms with van der Waals surface area (Å²) in [5.74, 6) is -0.572. The van der Waals surface area contributed by atoms with Crippen LogP contribution in [0.25, 0.3) is 0 Å². The molecule has 0 radical (unpaired) electrons. The molecule has 2 saturated heterocycles. The smallest absolute Gasteiger partial charge is 0.306 e. The van der Waals surface area contributed by atoms with Crippen molar-refractivity contribution in [2.75, 3.05) is 25.4 Å². The van der Waals surface area contributed by atoms with Crippen molar-refractivity contribution in [2.24, 2.45) is 5.41 Å². The Kier molecular flexibility index (Phi) is 3.90. The molecule has 2 heterocycles. The van der Waals surface area contributed by atoms with Crippen molar-refractivity contribution in [1.29, 1.82) is 0 Å². The van der Waals surface area contributed by atoms with Gasteiger partial charge in [0.15, 0.2) is 0 Å². The fourth-order valence-electron chi connectivity index (χ4n) is 2.93. The number of halogens is 1. The number of carbonyl (C=O) groups excluding carboxylic acids is 1. The maximum atomic E-state index is 11.5. The van der Waals surface area contributed by atoms with E-state index in [1.54, 1.807) is 0 Å². The number of likely N-dealkylation sites (tertiary alicyclic amines) is 1.